The van der Waals surface area contributed by atoms with Gasteiger partial charge in [0.2, 0.25) is 0 Å². The monoisotopic (exact) mass is 261 g/mol. The SMILES string of the molecule is Cn1nccc1CCC1CCCC(C(F)(F)F)N1. The summed E-state index contributed by atoms with van der Waals surface area (Å²) in [5.41, 5.74) is 1.06. The average molecular weight is 261 g/mol. The molecule has 1 N–H and O–H groups in total. The van der Waals surface area contributed by atoms with E-state index in [0.29, 0.717) is 6.42 Å². The number of aromatic nitrogens is 2. The van der Waals surface area contributed by atoms with Gasteiger partial charge < -0.3 is 5.32 Å². The van der Waals surface area contributed by atoms with Crippen LogP contribution in [0.15, 0.2) is 12.3 Å². The van der Waals surface area contributed by atoms with Gasteiger partial charge in [-0.25, -0.2) is 0 Å². The van der Waals surface area contributed by atoms with Crippen LogP contribution in [0.5, 0.6) is 0 Å². The third-order valence-electron chi connectivity index (χ3n) is 3.55. The molecule has 2 rings (SSSR count). The molecule has 3 nitrogen and oxygen atoms in total. The molecule has 1 fully saturated rings. The van der Waals surface area contributed by atoms with E-state index in [1.54, 1.807) is 10.9 Å². The van der Waals surface area contributed by atoms with E-state index in [1.807, 2.05) is 13.1 Å². The third-order valence-corrected chi connectivity index (χ3v) is 3.55. The molecule has 0 saturated carbocycles. The maximum atomic E-state index is 12.6. The maximum Gasteiger partial charge on any atom is 0.403 e. The molecule has 1 aromatic rings. The van der Waals surface area contributed by atoms with Crippen LogP contribution in [0.3, 0.4) is 0 Å². The molecule has 102 valence electrons. The molecule has 2 atom stereocenters. The van der Waals surface area contributed by atoms with Crippen molar-refractivity contribution in [2.75, 3.05) is 0 Å². The minimum atomic E-state index is -4.12. The molecule has 6 heteroatoms. The Labute approximate surface area is 104 Å². The van der Waals surface area contributed by atoms with Gasteiger partial charge in [-0.05, 0) is 31.7 Å². The zero-order valence-corrected chi connectivity index (χ0v) is 10.4. The van der Waals surface area contributed by atoms with Gasteiger partial charge in [-0.15, -0.1) is 0 Å². The molecule has 1 aliphatic rings. The second-order valence-corrected chi connectivity index (χ2v) is 4.87. The molecule has 1 saturated heterocycles. The zero-order chi connectivity index (χ0) is 13.2. The minimum Gasteiger partial charge on any atom is -0.303 e. The molecule has 0 amide bonds. The van der Waals surface area contributed by atoms with Gasteiger partial charge in [-0.1, -0.05) is 6.42 Å². The van der Waals surface area contributed by atoms with E-state index in [2.05, 4.69) is 10.4 Å². The number of alkyl halides is 3. The van der Waals surface area contributed by atoms with Crippen LogP contribution >= 0.6 is 0 Å². The Hall–Kier alpha value is -1.04. The minimum absolute atomic E-state index is 0.0414. The number of aryl methyl sites for hydroxylation is 2. The van der Waals surface area contributed by atoms with Gasteiger partial charge in [-0.3, -0.25) is 4.68 Å². The van der Waals surface area contributed by atoms with Crippen LogP contribution in [0.25, 0.3) is 0 Å². The molecular weight excluding hydrogens is 243 g/mol. The lowest BCUT2D eigenvalue weighted by Gasteiger charge is -2.32. The summed E-state index contributed by atoms with van der Waals surface area (Å²) in [7, 11) is 1.85. The lowest BCUT2D eigenvalue weighted by molar-refractivity contribution is -0.163. The van der Waals surface area contributed by atoms with Crippen LogP contribution < -0.4 is 5.32 Å². The second kappa shape index (κ2) is 5.30. The number of halogens is 3. The fourth-order valence-electron chi connectivity index (χ4n) is 2.47. The van der Waals surface area contributed by atoms with Gasteiger partial charge >= 0.3 is 6.18 Å². The van der Waals surface area contributed by atoms with Crippen molar-refractivity contribution in [1.82, 2.24) is 15.1 Å². The number of nitrogens with one attached hydrogen (secondary N) is 1. The Bertz CT molecular complexity index is 386. The fraction of sp³-hybridized carbons (Fsp3) is 0.750. The zero-order valence-electron chi connectivity index (χ0n) is 10.4. The first kappa shape index (κ1) is 13.4. The van der Waals surface area contributed by atoms with Crippen molar-refractivity contribution in [3.63, 3.8) is 0 Å². The number of hydrogen-bond acceptors (Lipinski definition) is 2. The van der Waals surface area contributed by atoms with Crippen molar-refractivity contribution >= 4 is 0 Å². The largest absolute Gasteiger partial charge is 0.403 e. The van der Waals surface area contributed by atoms with E-state index in [0.717, 1.165) is 25.0 Å². The fourth-order valence-corrected chi connectivity index (χ4v) is 2.47. The van der Waals surface area contributed by atoms with Crippen LogP contribution in [-0.2, 0) is 13.5 Å². The maximum absolute atomic E-state index is 12.6. The van der Waals surface area contributed by atoms with E-state index in [-0.39, 0.29) is 12.5 Å². The summed E-state index contributed by atoms with van der Waals surface area (Å²) in [5, 5.41) is 6.77. The molecule has 0 radical (unpaired) electrons. The Morgan fingerprint density at radius 3 is 2.83 bits per heavy atom. The Morgan fingerprint density at radius 2 is 2.22 bits per heavy atom. The summed E-state index contributed by atoms with van der Waals surface area (Å²) in [5.74, 6) is 0. The Balaban J connectivity index is 1.85. The highest BCUT2D eigenvalue weighted by Gasteiger charge is 2.41. The van der Waals surface area contributed by atoms with E-state index < -0.39 is 12.2 Å². The van der Waals surface area contributed by atoms with Crippen molar-refractivity contribution in [3.8, 4) is 0 Å². The third kappa shape index (κ3) is 3.25. The molecular formula is C12H18F3N3. The van der Waals surface area contributed by atoms with Crippen LogP contribution in [0.2, 0.25) is 0 Å². The first-order chi connectivity index (χ1) is 8.47. The van der Waals surface area contributed by atoms with E-state index in [1.165, 1.54) is 0 Å². The highest BCUT2D eigenvalue weighted by Crippen LogP contribution is 2.28. The number of rotatable bonds is 3. The lowest BCUT2D eigenvalue weighted by Crippen LogP contribution is -2.50. The van der Waals surface area contributed by atoms with Crippen molar-refractivity contribution in [1.29, 1.82) is 0 Å². The molecule has 1 aromatic heterocycles. The summed E-state index contributed by atoms with van der Waals surface area (Å²) in [4.78, 5) is 0. The van der Waals surface area contributed by atoms with Gasteiger partial charge in [0.15, 0.2) is 0 Å². The van der Waals surface area contributed by atoms with Crippen molar-refractivity contribution < 1.29 is 13.2 Å². The average Bonchev–Trinajstić information content (AvgIpc) is 2.72. The van der Waals surface area contributed by atoms with Gasteiger partial charge in [0.1, 0.15) is 6.04 Å². The summed E-state index contributed by atoms with van der Waals surface area (Å²) < 4.78 is 39.6. The van der Waals surface area contributed by atoms with Crippen molar-refractivity contribution in [2.24, 2.45) is 7.05 Å². The van der Waals surface area contributed by atoms with Crippen LogP contribution in [0.1, 0.15) is 31.4 Å². The Morgan fingerprint density at radius 1 is 1.44 bits per heavy atom. The van der Waals surface area contributed by atoms with Crippen LogP contribution in [-0.4, -0.2) is 28.0 Å². The van der Waals surface area contributed by atoms with E-state index >= 15 is 0 Å². The van der Waals surface area contributed by atoms with E-state index in [4.69, 9.17) is 0 Å². The highest BCUT2D eigenvalue weighted by molar-refractivity contribution is 5.01. The smallest absolute Gasteiger partial charge is 0.303 e. The summed E-state index contributed by atoms with van der Waals surface area (Å²) in [6.45, 7) is 0. The molecule has 2 unspecified atom stereocenters. The summed E-state index contributed by atoms with van der Waals surface area (Å²) >= 11 is 0. The second-order valence-electron chi connectivity index (χ2n) is 4.87. The first-order valence-corrected chi connectivity index (χ1v) is 6.26. The van der Waals surface area contributed by atoms with Gasteiger partial charge in [-0.2, -0.15) is 18.3 Å². The van der Waals surface area contributed by atoms with Crippen molar-refractivity contribution in [3.05, 3.63) is 18.0 Å². The molecule has 0 spiro atoms. The predicted molar refractivity (Wildman–Crippen MR) is 62.1 cm³/mol. The predicted octanol–water partition coefficient (Wildman–Crippen LogP) is 2.43. The number of piperidine rings is 1. The molecule has 0 bridgehead atoms. The number of nitrogens with zero attached hydrogens (tertiary/aromatic N) is 2. The highest BCUT2D eigenvalue weighted by atomic mass is 19.4. The van der Waals surface area contributed by atoms with Gasteiger partial charge in [0.05, 0.1) is 0 Å². The molecule has 0 aliphatic carbocycles. The van der Waals surface area contributed by atoms with Gasteiger partial charge in [0, 0.05) is 25.0 Å². The first-order valence-electron chi connectivity index (χ1n) is 6.26. The summed E-state index contributed by atoms with van der Waals surface area (Å²) in [6.07, 6.45) is 0.752. The van der Waals surface area contributed by atoms with Crippen LogP contribution in [0.4, 0.5) is 13.2 Å². The van der Waals surface area contributed by atoms with E-state index in [9.17, 15) is 13.2 Å². The topological polar surface area (TPSA) is 29.9 Å². The lowest BCUT2D eigenvalue weighted by atomic mass is 9.95. The van der Waals surface area contributed by atoms with Crippen molar-refractivity contribution in [2.45, 2.75) is 50.4 Å². The van der Waals surface area contributed by atoms with Gasteiger partial charge in [0.25, 0.3) is 0 Å². The number of hydrogen-bond donors (Lipinski definition) is 1. The standard InChI is InChI=1S/C12H18F3N3/c1-18-10(7-8-16-18)6-5-9-3-2-4-11(17-9)12(13,14)15/h7-9,11,17H,2-6H2,1H3. The Kier molecular flexibility index (Phi) is 3.94. The summed E-state index contributed by atoms with van der Waals surface area (Å²) in [6, 6.07) is 0.535. The van der Waals surface area contributed by atoms with Crippen LogP contribution in [0, 0.1) is 0 Å². The quantitative estimate of drug-likeness (QED) is 0.905. The molecule has 0 aromatic carbocycles. The normalized spacial score (nSPS) is 25.3. The molecule has 18 heavy (non-hydrogen) atoms. The molecule has 1 aliphatic heterocycles. The molecule has 2 heterocycles.